The number of benzene rings is 2. The topological polar surface area (TPSA) is 59.0 Å². The molecule has 0 atom stereocenters. The van der Waals surface area contributed by atoms with E-state index in [0.717, 1.165) is 43.3 Å². The number of carboxylic acid groups (broad SMARTS) is 1. The average molecular weight is 435 g/mol. The van der Waals surface area contributed by atoms with Gasteiger partial charge in [-0.1, -0.05) is 18.2 Å². The number of rotatable bonds is 6. The lowest BCUT2D eigenvalue weighted by Gasteiger charge is -2.38. The first kappa shape index (κ1) is 21.5. The number of alkyl halides is 3. The Hall–Kier alpha value is -2.74. The van der Waals surface area contributed by atoms with Crippen molar-refractivity contribution in [1.29, 1.82) is 0 Å². The minimum Gasteiger partial charge on any atom is -0.492 e. The van der Waals surface area contributed by atoms with Gasteiger partial charge in [0.25, 0.3) is 0 Å². The van der Waals surface area contributed by atoms with Crippen molar-refractivity contribution in [2.45, 2.75) is 37.5 Å². The van der Waals surface area contributed by atoms with Gasteiger partial charge in [-0.2, -0.15) is 13.2 Å². The van der Waals surface area contributed by atoms with Gasteiger partial charge in [0.15, 0.2) is 0 Å². The molecule has 0 saturated carbocycles. The minimum absolute atomic E-state index is 0.0909. The van der Waals surface area contributed by atoms with E-state index < -0.39 is 17.7 Å². The summed E-state index contributed by atoms with van der Waals surface area (Å²) in [4.78, 5) is 13.0. The number of fused-ring (bicyclic) bond motifs is 2. The highest BCUT2D eigenvalue weighted by Gasteiger charge is 2.43. The molecule has 1 fully saturated rings. The summed E-state index contributed by atoms with van der Waals surface area (Å²) in [6.07, 6.45) is -2.64. The van der Waals surface area contributed by atoms with E-state index in [-0.39, 0.29) is 24.0 Å². The van der Waals surface area contributed by atoms with Gasteiger partial charge in [-0.25, -0.2) is 0 Å². The van der Waals surface area contributed by atoms with Crippen LogP contribution in [0.25, 0.3) is 0 Å². The first-order valence-corrected chi connectivity index (χ1v) is 10.3. The van der Waals surface area contributed by atoms with Gasteiger partial charge in [0.2, 0.25) is 0 Å². The van der Waals surface area contributed by atoms with Crippen molar-refractivity contribution in [3.05, 3.63) is 59.2 Å². The Morgan fingerprint density at radius 3 is 2.61 bits per heavy atom. The van der Waals surface area contributed by atoms with Crippen LogP contribution in [0.4, 0.5) is 13.2 Å². The van der Waals surface area contributed by atoms with Crippen LogP contribution in [-0.4, -0.2) is 42.2 Å². The van der Waals surface area contributed by atoms with E-state index in [4.69, 9.17) is 14.6 Å². The highest BCUT2D eigenvalue weighted by molar-refractivity contribution is 5.66. The van der Waals surface area contributed by atoms with E-state index in [0.29, 0.717) is 18.9 Å². The van der Waals surface area contributed by atoms with Crippen molar-refractivity contribution < 1.29 is 32.5 Å². The highest BCUT2D eigenvalue weighted by atomic mass is 19.4. The van der Waals surface area contributed by atoms with Crippen molar-refractivity contribution in [3.63, 3.8) is 0 Å². The lowest BCUT2D eigenvalue weighted by Crippen LogP contribution is -2.44. The Labute approximate surface area is 178 Å². The fourth-order valence-corrected chi connectivity index (χ4v) is 4.39. The summed E-state index contributed by atoms with van der Waals surface area (Å²) in [6.45, 7) is 2.46. The van der Waals surface area contributed by atoms with Gasteiger partial charge in [-0.05, 0) is 50.2 Å². The van der Waals surface area contributed by atoms with Crippen molar-refractivity contribution >= 4 is 5.97 Å². The number of likely N-dealkylation sites (tertiary alicyclic amines) is 1. The second kappa shape index (κ2) is 8.42. The van der Waals surface area contributed by atoms with E-state index in [2.05, 4.69) is 4.90 Å². The van der Waals surface area contributed by atoms with Gasteiger partial charge in [0, 0.05) is 23.1 Å². The molecule has 31 heavy (non-hydrogen) atoms. The predicted molar refractivity (Wildman–Crippen MR) is 107 cm³/mol. The molecule has 2 aliphatic rings. The summed E-state index contributed by atoms with van der Waals surface area (Å²) in [6, 6.07) is 10.8. The summed E-state index contributed by atoms with van der Waals surface area (Å²) in [5.74, 6) is 0.486. The summed E-state index contributed by atoms with van der Waals surface area (Å²) in [5, 5.41) is 8.88. The van der Waals surface area contributed by atoms with Crippen LogP contribution in [0, 0.1) is 0 Å². The second-order valence-corrected chi connectivity index (χ2v) is 8.16. The number of carbonyl (C=O) groups is 1. The smallest absolute Gasteiger partial charge is 0.416 e. The highest BCUT2D eigenvalue weighted by Crippen LogP contribution is 2.47. The van der Waals surface area contributed by atoms with Crippen molar-refractivity contribution in [2.75, 3.05) is 26.2 Å². The summed E-state index contributed by atoms with van der Waals surface area (Å²) in [5.41, 5.74) is 0.253. The lowest BCUT2D eigenvalue weighted by atomic mass is 9.74. The number of carboxylic acids is 1. The molecule has 5 nitrogen and oxygen atoms in total. The average Bonchev–Trinajstić information content (AvgIpc) is 3.09. The molecule has 2 heterocycles. The Balaban J connectivity index is 1.46. The van der Waals surface area contributed by atoms with Gasteiger partial charge < -0.3 is 19.5 Å². The number of nitrogens with zero attached hydrogens (tertiary/aromatic N) is 1. The molecule has 0 aliphatic carbocycles. The van der Waals surface area contributed by atoms with E-state index in [1.54, 1.807) is 12.1 Å². The maximum atomic E-state index is 13.2. The van der Waals surface area contributed by atoms with E-state index in [1.165, 1.54) is 12.1 Å². The molecule has 0 unspecified atom stereocenters. The summed E-state index contributed by atoms with van der Waals surface area (Å²) < 4.78 is 51.3. The predicted octanol–water partition coefficient (Wildman–Crippen LogP) is 4.49. The van der Waals surface area contributed by atoms with Crippen molar-refractivity contribution in [3.8, 4) is 11.5 Å². The zero-order valence-electron chi connectivity index (χ0n) is 17.0. The largest absolute Gasteiger partial charge is 0.492 e. The van der Waals surface area contributed by atoms with Crippen LogP contribution >= 0.6 is 0 Å². The zero-order chi connectivity index (χ0) is 22.1. The quantitative estimate of drug-likeness (QED) is 0.725. The monoisotopic (exact) mass is 435 g/mol. The Morgan fingerprint density at radius 2 is 1.90 bits per heavy atom. The number of piperidine rings is 1. The Kier molecular flexibility index (Phi) is 5.83. The fourth-order valence-electron chi connectivity index (χ4n) is 4.39. The van der Waals surface area contributed by atoms with Crippen molar-refractivity contribution in [1.82, 2.24) is 4.90 Å². The SMILES string of the molecule is O=C(O)CCN1CCC2(CC1)COc1ccc(OCc3ccccc3C(F)(F)F)cc12. The van der Waals surface area contributed by atoms with Crippen LogP contribution < -0.4 is 9.47 Å². The molecule has 0 bridgehead atoms. The molecular weight excluding hydrogens is 411 g/mol. The summed E-state index contributed by atoms with van der Waals surface area (Å²) in [7, 11) is 0. The standard InChI is InChI=1S/C23H24F3NO4/c24-23(25,26)18-4-2-1-3-16(18)14-30-17-5-6-20-19(13-17)22(15-31-20)8-11-27(12-9-22)10-7-21(28)29/h1-6,13H,7-12,14-15H2,(H,28,29). The van der Waals surface area contributed by atoms with Gasteiger partial charge in [-0.15, -0.1) is 0 Å². The second-order valence-electron chi connectivity index (χ2n) is 8.16. The Morgan fingerprint density at radius 1 is 1.16 bits per heavy atom. The molecule has 0 amide bonds. The number of ether oxygens (including phenoxy) is 2. The molecular formula is C23H24F3NO4. The molecule has 1 N–H and O–H groups in total. The maximum Gasteiger partial charge on any atom is 0.416 e. The van der Waals surface area contributed by atoms with Crippen LogP contribution in [-0.2, 0) is 23.0 Å². The molecule has 166 valence electrons. The summed E-state index contributed by atoms with van der Waals surface area (Å²) >= 11 is 0. The van der Waals surface area contributed by atoms with Gasteiger partial charge in [0.05, 0.1) is 18.6 Å². The molecule has 0 radical (unpaired) electrons. The minimum atomic E-state index is -4.43. The van der Waals surface area contributed by atoms with Crippen LogP contribution in [0.5, 0.6) is 11.5 Å². The number of hydrogen-bond acceptors (Lipinski definition) is 4. The number of aliphatic carboxylic acids is 1. The van der Waals surface area contributed by atoms with Crippen LogP contribution in [0.15, 0.2) is 42.5 Å². The van der Waals surface area contributed by atoms with Crippen LogP contribution in [0.1, 0.15) is 36.0 Å². The maximum absolute atomic E-state index is 13.2. The van der Waals surface area contributed by atoms with Gasteiger partial charge in [-0.3, -0.25) is 4.79 Å². The first-order valence-electron chi connectivity index (χ1n) is 10.3. The third-order valence-corrected chi connectivity index (χ3v) is 6.20. The molecule has 8 heteroatoms. The molecule has 2 aromatic rings. The van der Waals surface area contributed by atoms with Crippen LogP contribution in [0.3, 0.4) is 0 Å². The molecule has 4 rings (SSSR count). The molecule has 0 aromatic heterocycles. The van der Waals surface area contributed by atoms with E-state index in [9.17, 15) is 18.0 Å². The van der Waals surface area contributed by atoms with Crippen LogP contribution in [0.2, 0.25) is 0 Å². The third kappa shape index (κ3) is 4.63. The zero-order valence-corrected chi connectivity index (χ0v) is 17.0. The van der Waals surface area contributed by atoms with Crippen molar-refractivity contribution in [2.24, 2.45) is 0 Å². The normalized spacial score (nSPS) is 17.9. The molecule has 2 aromatic carbocycles. The lowest BCUT2D eigenvalue weighted by molar-refractivity contribution is -0.139. The van der Waals surface area contributed by atoms with Gasteiger partial charge >= 0.3 is 12.1 Å². The Bertz CT molecular complexity index is 952. The fraction of sp³-hybridized carbons (Fsp3) is 0.435. The number of halogens is 3. The van der Waals surface area contributed by atoms with E-state index >= 15 is 0 Å². The first-order chi connectivity index (χ1) is 14.8. The molecule has 1 spiro atoms. The number of hydrogen-bond donors (Lipinski definition) is 1. The van der Waals surface area contributed by atoms with Gasteiger partial charge in [0.1, 0.15) is 18.1 Å². The molecule has 1 saturated heterocycles. The third-order valence-electron chi connectivity index (χ3n) is 6.20. The molecule has 2 aliphatic heterocycles. The van der Waals surface area contributed by atoms with E-state index in [1.807, 2.05) is 12.1 Å².